The van der Waals surface area contributed by atoms with Gasteiger partial charge in [0.25, 0.3) is 0 Å². The summed E-state index contributed by atoms with van der Waals surface area (Å²) in [5, 5.41) is 3.61. The Morgan fingerprint density at radius 2 is 2.11 bits per heavy atom. The van der Waals surface area contributed by atoms with E-state index in [0.29, 0.717) is 11.4 Å². The molecule has 0 saturated carbocycles. The molecule has 1 fully saturated rings. The molecule has 0 atom stereocenters. The van der Waals surface area contributed by atoms with Gasteiger partial charge in [0.2, 0.25) is 5.91 Å². The minimum atomic E-state index is 0.0623. The predicted octanol–water partition coefficient (Wildman–Crippen LogP) is 3.07. The quantitative estimate of drug-likeness (QED) is 0.908. The van der Waals surface area contributed by atoms with Gasteiger partial charge in [0.15, 0.2) is 0 Å². The van der Waals surface area contributed by atoms with Crippen LogP contribution in [0.5, 0.6) is 0 Å². The first kappa shape index (κ1) is 13.4. The summed E-state index contributed by atoms with van der Waals surface area (Å²) in [5.41, 5.74) is 1.74. The Morgan fingerprint density at radius 3 is 2.83 bits per heavy atom. The zero-order valence-corrected chi connectivity index (χ0v) is 11.5. The van der Waals surface area contributed by atoms with Crippen molar-refractivity contribution in [2.45, 2.75) is 26.2 Å². The lowest BCUT2D eigenvalue weighted by molar-refractivity contribution is -0.116. The topological polar surface area (TPSA) is 32.3 Å². The number of benzene rings is 1. The number of likely N-dealkylation sites (tertiary alicyclic amines) is 1. The Balaban J connectivity index is 1.84. The Bertz CT molecular complexity index is 428. The third-order valence-electron chi connectivity index (χ3n) is 3.40. The number of nitrogens with one attached hydrogen (secondary N) is 1. The number of rotatable bonds is 4. The van der Waals surface area contributed by atoms with Gasteiger partial charge in [-0.1, -0.05) is 17.7 Å². The molecular formula is C14H19ClN2O. The molecule has 2 rings (SSSR count). The third kappa shape index (κ3) is 3.47. The number of nitrogens with zero attached hydrogens (tertiary/aromatic N) is 1. The summed E-state index contributed by atoms with van der Waals surface area (Å²) in [6.07, 6.45) is 3.07. The zero-order valence-electron chi connectivity index (χ0n) is 10.7. The second-order valence-electron chi connectivity index (χ2n) is 4.76. The molecule has 1 amide bonds. The molecule has 1 aromatic carbocycles. The lowest BCUT2D eigenvalue weighted by Crippen LogP contribution is -2.25. The van der Waals surface area contributed by atoms with E-state index in [9.17, 15) is 4.79 Å². The SMILES string of the molecule is Cc1c(Cl)cccc1NC(=O)CCN1CCCC1. The molecule has 0 aromatic heterocycles. The van der Waals surface area contributed by atoms with Gasteiger partial charge in [-0.15, -0.1) is 0 Å². The highest BCUT2D eigenvalue weighted by Crippen LogP contribution is 2.23. The van der Waals surface area contributed by atoms with E-state index in [2.05, 4.69) is 10.2 Å². The Labute approximate surface area is 113 Å². The van der Waals surface area contributed by atoms with Crippen molar-refractivity contribution in [2.75, 3.05) is 25.0 Å². The number of hydrogen-bond acceptors (Lipinski definition) is 2. The van der Waals surface area contributed by atoms with E-state index in [1.807, 2.05) is 25.1 Å². The van der Waals surface area contributed by atoms with Gasteiger partial charge in [-0.25, -0.2) is 0 Å². The number of hydrogen-bond donors (Lipinski definition) is 1. The highest BCUT2D eigenvalue weighted by molar-refractivity contribution is 6.31. The van der Waals surface area contributed by atoms with Crippen LogP contribution in [-0.4, -0.2) is 30.4 Å². The summed E-state index contributed by atoms with van der Waals surface area (Å²) in [6, 6.07) is 5.57. The van der Waals surface area contributed by atoms with Crippen LogP contribution in [0, 0.1) is 6.92 Å². The number of carbonyl (C=O) groups excluding carboxylic acids is 1. The summed E-state index contributed by atoms with van der Waals surface area (Å²) < 4.78 is 0. The van der Waals surface area contributed by atoms with Crippen molar-refractivity contribution in [1.82, 2.24) is 4.90 Å². The summed E-state index contributed by atoms with van der Waals surface area (Å²) >= 11 is 6.02. The normalized spacial score (nSPS) is 15.9. The average Bonchev–Trinajstić information content (AvgIpc) is 2.86. The molecule has 3 nitrogen and oxygen atoms in total. The molecule has 18 heavy (non-hydrogen) atoms. The molecule has 0 spiro atoms. The van der Waals surface area contributed by atoms with Gasteiger partial charge in [-0.2, -0.15) is 0 Å². The largest absolute Gasteiger partial charge is 0.326 e. The third-order valence-corrected chi connectivity index (χ3v) is 3.81. The monoisotopic (exact) mass is 266 g/mol. The van der Waals surface area contributed by atoms with Crippen LogP contribution >= 0.6 is 11.6 Å². The fourth-order valence-electron chi connectivity index (χ4n) is 2.22. The number of anilines is 1. The second-order valence-corrected chi connectivity index (χ2v) is 5.17. The van der Waals surface area contributed by atoms with Crippen LogP contribution in [0.2, 0.25) is 5.02 Å². The van der Waals surface area contributed by atoms with Gasteiger partial charge in [0.05, 0.1) is 0 Å². The van der Waals surface area contributed by atoms with E-state index in [-0.39, 0.29) is 5.91 Å². The first-order valence-electron chi connectivity index (χ1n) is 6.44. The van der Waals surface area contributed by atoms with Crippen LogP contribution in [0.1, 0.15) is 24.8 Å². The van der Waals surface area contributed by atoms with Crippen LogP contribution in [0.15, 0.2) is 18.2 Å². The van der Waals surface area contributed by atoms with E-state index in [1.165, 1.54) is 12.8 Å². The number of carbonyl (C=O) groups is 1. The molecular weight excluding hydrogens is 248 g/mol. The van der Waals surface area contributed by atoms with E-state index in [0.717, 1.165) is 30.9 Å². The molecule has 1 N–H and O–H groups in total. The van der Waals surface area contributed by atoms with Crippen LogP contribution in [0.4, 0.5) is 5.69 Å². The van der Waals surface area contributed by atoms with Crippen molar-refractivity contribution in [1.29, 1.82) is 0 Å². The van der Waals surface area contributed by atoms with Gasteiger partial charge in [-0.05, 0) is 50.6 Å². The Hall–Kier alpha value is -1.06. The Morgan fingerprint density at radius 1 is 1.39 bits per heavy atom. The lowest BCUT2D eigenvalue weighted by atomic mass is 10.2. The van der Waals surface area contributed by atoms with Crippen molar-refractivity contribution < 1.29 is 4.79 Å². The average molecular weight is 267 g/mol. The fraction of sp³-hybridized carbons (Fsp3) is 0.500. The maximum Gasteiger partial charge on any atom is 0.225 e. The molecule has 1 heterocycles. The minimum Gasteiger partial charge on any atom is -0.326 e. The summed E-state index contributed by atoms with van der Waals surface area (Å²) in [7, 11) is 0. The minimum absolute atomic E-state index is 0.0623. The van der Waals surface area contributed by atoms with E-state index in [4.69, 9.17) is 11.6 Å². The molecule has 1 saturated heterocycles. The molecule has 4 heteroatoms. The van der Waals surface area contributed by atoms with Crippen molar-refractivity contribution >= 4 is 23.2 Å². The summed E-state index contributed by atoms with van der Waals surface area (Å²) in [6.45, 7) is 5.02. The van der Waals surface area contributed by atoms with Crippen LogP contribution < -0.4 is 5.32 Å². The molecule has 0 unspecified atom stereocenters. The molecule has 0 radical (unpaired) electrons. The van der Waals surface area contributed by atoms with Crippen molar-refractivity contribution in [3.63, 3.8) is 0 Å². The molecule has 1 aromatic rings. The van der Waals surface area contributed by atoms with Crippen molar-refractivity contribution in [2.24, 2.45) is 0 Å². The summed E-state index contributed by atoms with van der Waals surface area (Å²) in [5.74, 6) is 0.0623. The molecule has 0 bridgehead atoms. The molecule has 98 valence electrons. The first-order valence-corrected chi connectivity index (χ1v) is 6.82. The molecule has 0 aliphatic carbocycles. The van der Waals surface area contributed by atoms with Crippen molar-refractivity contribution in [3.05, 3.63) is 28.8 Å². The zero-order chi connectivity index (χ0) is 13.0. The van der Waals surface area contributed by atoms with Gasteiger partial charge in [0.1, 0.15) is 0 Å². The Kier molecular flexibility index (Phi) is 4.61. The van der Waals surface area contributed by atoms with Gasteiger partial charge in [-0.3, -0.25) is 4.79 Å². The smallest absolute Gasteiger partial charge is 0.225 e. The number of amides is 1. The van der Waals surface area contributed by atoms with E-state index < -0.39 is 0 Å². The van der Waals surface area contributed by atoms with Gasteiger partial charge >= 0.3 is 0 Å². The van der Waals surface area contributed by atoms with E-state index in [1.54, 1.807) is 0 Å². The van der Waals surface area contributed by atoms with Crippen LogP contribution in [0.3, 0.4) is 0 Å². The maximum atomic E-state index is 11.9. The van der Waals surface area contributed by atoms with E-state index >= 15 is 0 Å². The van der Waals surface area contributed by atoms with Gasteiger partial charge < -0.3 is 10.2 Å². The predicted molar refractivity (Wildman–Crippen MR) is 75.1 cm³/mol. The van der Waals surface area contributed by atoms with Crippen LogP contribution in [-0.2, 0) is 4.79 Å². The standard InChI is InChI=1S/C14H19ClN2O/c1-11-12(15)5-4-6-13(11)16-14(18)7-10-17-8-2-3-9-17/h4-6H,2-3,7-10H2,1H3,(H,16,18). The number of halogens is 1. The fourth-order valence-corrected chi connectivity index (χ4v) is 2.40. The van der Waals surface area contributed by atoms with Crippen LogP contribution in [0.25, 0.3) is 0 Å². The maximum absolute atomic E-state index is 11.9. The highest BCUT2D eigenvalue weighted by atomic mass is 35.5. The molecule has 1 aliphatic heterocycles. The highest BCUT2D eigenvalue weighted by Gasteiger charge is 2.13. The van der Waals surface area contributed by atoms with Gasteiger partial charge in [0, 0.05) is 23.7 Å². The second kappa shape index (κ2) is 6.21. The molecule has 1 aliphatic rings. The lowest BCUT2D eigenvalue weighted by Gasteiger charge is -2.14. The first-order chi connectivity index (χ1) is 8.66. The summed E-state index contributed by atoms with van der Waals surface area (Å²) in [4.78, 5) is 14.2. The van der Waals surface area contributed by atoms with Crippen molar-refractivity contribution in [3.8, 4) is 0 Å².